The molecule has 12 heteroatoms. The number of pyridine rings is 1. The van der Waals surface area contributed by atoms with Crippen molar-refractivity contribution in [1.82, 2.24) is 9.38 Å². The molecule has 0 aliphatic carbocycles. The first kappa shape index (κ1) is 22.5. The molecule has 3 aromatic rings. The molecule has 1 aliphatic rings. The summed E-state index contributed by atoms with van der Waals surface area (Å²) in [5, 5.41) is 0. The van der Waals surface area contributed by atoms with Crippen LogP contribution in [0.2, 0.25) is 0 Å². The summed E-state index contributed by atoms with van der Waals surface area (Å²) < 4.78 is 70.9. The lowest BCUT2D eigenvalue weighted by molar-refractivity contribution is -0.0500. The molecule has 172 valence electrons. The highest BCUT2D eigenvalue weighted by Gasteiger charge is 2.48. The Bertz CT molecular complexity index is 1460. The number of methoxy groups -OCH3 is 1. The predicted molar refractivity (Wildman–Crippen MR) is 115 cm³/mol. The van der Waals surface area contributed by atoms with E-state index in [-0.39, 0.29) is 22.6 Å². The average molecular weight is 479 g/mol. The second-order valence-corrected chi connectivity index (χ2v) is 8.49. The van der Waals surface area contributed by atoms with Crippen molar-refractivity contribution < 1.29 is 30.5 Å². The lowest BCUT2D eigenvalue weighted by Crippen LogP contribution is -2.28. The fourth-order valence-electron chi connectivity index (χ4n) is 3.26. The fraction of sp³-hybridized carbons (Fsp3) is 0.190. The number of rotatable bonds is 5. The van der Waals surface area contributed by atoms with Crippen LogP contribution in [0.25, 0.3) is 22.5 Å². The minimum Gasteiger partial charge on any atom is -0.496 e. The molecule has 0 atom stereocenters. The summed E-state index contributed by atoms with van der Waals surface area (Å²) in [6.45, 7) is 0.573. The summed E-state index contributed by atoms with van der Waals surface area (Å²) in [5.41, 5.74) is -3.27. The van der Waals surface area contributed by atoms with Crippen LogP contribution in [0, 0.1) is 0 Å². The molecule has 0 saturated heterocycles. The van der Waals surface area contributed by atoms with Gasteiger partial charge in [0, 0.05) is 36.5 Å². The lowest BCUT2D eigenvalue weighted by atomic mass is 10.0. The Kier molecular flexibility index (Phi) is 5.70. The van der Waals surface area contributed by atoms with E-state index in [0.29, 0.717) is 18.6 Å². The van der Waals surface area contributed by atoms with Gasteiger partial charge in [0.25, 0.3) is 5.56 Å². The Balaban J connectivity index is 1.72. The van der Waals surface area contributed by atoms with Crippen molar-refractivity contribution in [2.75, 3.05) is 13.7 Å². The van der Waals surface area contributed by atoms with Crippen molar-refractivity contribution >= 4 is 27.6 Å². The van der Waals surface area contributed by atoms with E-state index in [9.17, 15) is 26.4 Å². The van der Waals surface area contributed by atoms with Crippen LogP contribution in [0.15, 0.2) is 58.5 Å². The van der Waals surface area contributed by atoms with Crippen molar-refractivity contribution in [3.63, 3.8) is 0 Å². The monoisotopic (exact) mass is 479 g/mol. The van der Waals surface area contributed by atoms with Gasteiger partial charge in [-0.25, -0.2) is 4.98 Å². The number of dihydropyridines is 1. The van der Waals surface area contributed by atoms with Gasteiger partial charge in [0.1, 0.15) is 17.1 Å². The molecule has 4 rings (SSSR count). The highest BCUT2D eigenvalue weighted by molar-refractivity contribution is 7.88. The van der Waals surface area contributed by atoms with Gasteiger partial charge in [0.15, 0.2) is 0 Å². The zero-order chi connectivity index (χ0) is 23.8. The molecule has 0 N–H and O–H groups in total. The second-order valence-electron chi connectivity index (χ2n) is 6.95. The average Bonchev–Trinajstić information content (AvgIpc) is 2.78. The summed E-state index contributed by atoms with van der Waals surface area (Å²) in [4.78, 5) is 21.4. The zero-order valence-electron chi connectivity index (χ0n) is 17.0. The van der Waals surface area contributed by atoms with Gasteiger partial charge in [-0.2, -0.15) is 21.6 Å². The van der Waals surface area contributed by atoms with Crippen molar-refractivity contribution in [1.29, 1.82) is 0 Å². The van der Waals surface area contributed by atoms with E-state index >= 15 is 0 Å². The first-order valence-electron chi connectivity index (χ1n) is 9.49. The number of ether oxygens (including phenoxy) is 1. The van der Waals surface area contributed by atoms with Gasteiger partial charge in [0.2, 0.25) is 0 Å². The van der Waals surface area contributed by atoms with Gasteiger partial charge in [-0.3, -0.25) is 14.2 Å². The minimum absolute atomic E-state index is 0.0237. The van der Waals surface area contributed by atoms with E-state index in [4.69, 9.17) is 4.74 Å². The largest absolute Gasteiger partial charge is 0.534 e. The highest BCUT2D eigenvalue weighted by Crippen LogP contribution is 2.34. The molecule has 8 nitrogen and oxygen atoms in total. The van der Waals surface area contributed by atoms with Crippen LogP contribution in [0.3, 0.4) is 0 Å². The third kappa shape index (κ3) is 4.46. The third-order valence-electron chi connectivity index (χ3n) is 4.85. The van der Waals surface area contributed by atoms with Crippen LogP contribution in [-0.4, -0.2) is 43.2 Å². The first-order valence-corrected chi connectivity index (χ1v) is 10.9. The molecule has 0 radical (unpaired) electrons. The maximum atomic E-state index is 12.8. The number of hydrogen-bond acceptors (Lipinski definition) is 7. The molecule has 1 aromatic carbocycles. The number of halogens is 3. The van der Waals surface area contributed by atoms with Gasteiger partial charge in [-0.15, -0.1) is 0 Å². The maximum Gasteiger partial charge on any atom is 0.534 e. The standard InChI is InChI=1S/C21H16F3N3O5S/c1-31-18-10-15(32-33(29,30)21(22,23)24)3-4-16(18)17-11-20(28)27-12-14(2-5-19(27)26-17)13-6-8-25-9-7-13/h2-6,9-12H,7-8H2,1H3. The molecule has 1 aliphatic heterocycles. The highest BCUT2D eigenvalue weighted by atomic mass is 32.2. The van der Waals surface area contributed by atoms with Gasteiger partial charge in [-0.1, -0.05) is 6.08 Å². The van der Waals surface area contributed by atoms with Gasteiger partial charge in [0.05, 0.1) is 19.3 Å². The molecule has 0 unspecified atom stereocenters. The SMILES string of the molecule is COc1cc(OS(=O)(=O)C(F)(F)F)ccc1-c1cc(=O)n2cc(C3=CCN=CC3)ccc2n1. The molecular formula is C21H16F3N3O5S. The number of aromatic nitrogens is 2. The second kappa shape index (κ2) is 8.35. The van der Waals surface area contributed by atoms with Crippen LogP contribution >= 0.6 is 0 Å². The molecule has 0 spiro atoms. The third-order valence-corrected chi connectivity index (χ3v) is 5.83. The van der Waals surface area contributed by atoms with E-state index in [1.165, 1.54) is 23.6 Å². The van der Waals surface area contributed by atoms with E-state index in [2.05, 4.69) is 14.2 Å². The van der Waals surface area contributed by atoms with Crippen LogP contribution in [0.1, 0.15) is 12.0 Å². The zero-order valence-corrected chi connectivity index (χ0v) is 17.9. The van der Waals surface area contributed by atoms with E-state index in [0.717, 1.165) is 23.3 Å². The Labute approximate surface area is 185 Å². The molecule has 0 saturated carbocycles. The number of aliphatic imine (C=N–C) groups is 1. The molecule has 0 amide bonds. The normalized spacial score (nSPS) is 14.2. The lowest BCUT2D eigenvalue weighted by Gasteiger charge is -2.13. The number of hydrogen-bond donors (Lipinski definition) is 0. The van der Waals surface area contributed by atoms with Gasteiger partial charge in [-0.05, 0) is 35.4 Å². The number of alkyl halides is 3. The summed E-state index contributed by atoms with van der Waals surface area (Å²) in [6, 6.07) is 8.00. The molecule has 3 heterocycles. The molecular weight excluding hydrogens is 463 g/mol. The number of allylic oxidation sites excluding steroid dienone is 1. The molecule has 0 bridgehead atoms. The van der Waals surface area contributed by atoms with Crippen LogP contribution in [0.4, 0.5) is 13.2 Å². The molecule has 2 aromatic heterocycles. The fourth-order valence-corrected chi connectivity index (χ4v) is 3.71. The molecule has 0 fully saturated rings. The van der Waals surface area contributed by atoms with E-state index in [1.807, 2.05) is 18.4 Å². The summed E-state index contributed by atoms with van der Waals surface area (Å²) in [7, 11) is -4.60. The predicted octanol–water partition coefficient (Wildman–Crippen LogP) is 3.46. The van der Waals surface area contributed by atoms with E-state index in [1.54, 1.807) is 12.3 Å². The van der Waals surface area contributed by atoms with Crippen molar-refractivity contribution in [3.05, 3.63) is 64.6 Å². The Morgan fingerprint density at radius 1 is 1.12 bits per heavy atom. The van der Waals surface area contributed by atoms with Crippen molar-refractivity contribution in [2.45, 2.75) is 11.9 Å². The number of nitrogens with zero attached hydrogens (tertiary/aromatic N) is 3. The van der Waals surface area contributed by atoms with Crippen molar-refractivity contribution in [2.24, 2.45) is 4.99 Å². The van der Waals surface area contributed by atoms with Crippen LogP contribution in [0.5, 0.6) is 11.5 Å². The number of fused-ring (bicyclic) bond motifs is 1. The molecule has 33 heavy (non-hydrogen) atoms. The van der Waals surface area contributed by atoms with Gasteiger partial charge >= 0.3 is 15.6 Å². The van der Waals surface area contributed by atoms with Crippen LogP contribution in [-0.2, 0) is 10.1 Å². The van der Waals surface area contributed by atoms with Crippen molar-refractivity contribution in [3.8, 4) is 22.8 Å². The Morgan fingerprint density at radius 2 is 1.91 bits per heavy atom. The quantitative estimate of drug-likeness (QED) is 0.411. The minimum atomic E-state index is -5.84. The summed E-state index contributed by atoms with van der Waals surface area (Å²) >= 11 is 0. The smallest absolute Gasteiger partial charge is 0.496 e. The summed E-state index contributed by atoms with van der Waals surface area (Å²) in [6.07, 6.45) is 6.11. The summed E-state index contributed by atoms with van der Waals surface area (Å²) in [5.74, 6) is -0.622. The maximum absolute atomic E-state index is 12.8. The first-order chi connectivity index (χ1) is 15.6. The topological polar surface area (TPSA) is 99.3 Å². The Morgan fingerprint density at radius 3 is 2.58 bits per heavy atom. The number of benzene rings is 1. The van der Waals surface area contributed by atoms with E-state index < -0.39 is 21.4 Å². The van der Waals surface area contributed by atoms with Crippen LogP contribution < -0.4 is 14.5 Å². The van der Waals surface area contributed by atoms with Gasteiger partial charge < -0.3 is 8.92 Å². The Hall–Kier alpha value is -3.67.